The van der Waals surface area contributed by atoms with Crippen molar-refractivity contribution in [3.8, 4) is 0 Å². The summed E-state index contributed by atoms with van der Waals surface area (Å²) in [5, 5.41) is 6.27. The molecular formula is C20H27ClF3N3O2. The number of nitrogens with one attached hydrogen (secondary N) is 2. The summed E-state index contributed by atoms with van der Waals surface area (Å²) in [7, 11) is 0. The van der Waals surface area contributed by atoms with Gasteiger partial charge in [0, 0.05) is 24.8 Å². The van der Waals surface area contributed by atoms with Crippen LogP contribution < -0.4 is 10.6 Å². The Labute approximate surface area is 174 Å². The maximum atomic E-state index is 12.7. The lowest BCUT2D eigenvalue weighted by Gasteiger charge is -2.24. The van der Waals surface area contributed by atoms with Crippen molar-refractivity contribution < 1.29 is 22.8 Å². The molecule has 2 fully saturated rings. The van der Waals surface area contributed by atoms with Gasteiger partial charge in [0.25, 0.3) is 0 Å². The van der Waals surface area contributed by atoms with Crippen LogP contribution in [0.4, 0.5) is 18.9 Å². The number of amides is 2. The van der Waals surface area contributed by atoms with Crippen molar-refractivity contribution in [2.75, 3.05) is 11.9 Å². The minimum Gasteiger partial charge on any atom is -0.331 e. The first-order chi connectivity index (χ1) is 13.3. The van der Waals surface area contributed by atoms with E-state index in [0.717, 1.165) is 24.2 Å². The second-order valence-corrected chi connectivity index (χ2v) is 7.61. The Morgan fingerprint density at radius 2 is 1.97 bits per heavy atom. The molecule has 1 saturated heterocycles. The number of halogens is 4. The van der Waals surface area contributed by atoms with Crippen molar-refractivity contribution in [3.63, 3.8) is 0 Å². The molecule has 162 valence electrons. The van der Waals surface area contributed by atoms with Crippen LogP contribution in [0.25, 0.3) is 0 Å². The van der Waals surface area contributed by atoms with Gasteiger partial charge in [-0.15, -0.1) is 12.4 Å². The van der Waals surface area contributed by atoms with Gasteiger partial charge in [0.1, 0.15) is 0 Å². The number of nitrogens with zero attached hydrogens (tertiary/aromatic N) is 1. The van der Waals surface area contributed by atoms with Crippen molar-refractivity contribution in [1.29, 1.82) is 0 Å². The standard InChI is InChI=1S/C20H26F3N3O2.ClH/c1-2-26(19(28)20(21,22)23)12-13-6-5-8-15(10-13)24-18(27)17-11-14-7-3-4-9-16(14)25-17;/h5-6,8,10,14,16-17,25H,2-4,7,9,11-12H2,1H3,(H,24,27);1H. The average molecular weight is 434 g/mol. The Bertz CT molecular complexity index is 715. The topological polar surface area (TPSA) is 61.4 Å². The van der Waals surface area contributed by atoms with Crippen LogP contribution in [0.3, 0.4) is 0 Å². The Morgan fingerprint density at radius 3 is 2.62 bits per heavy atom. The van der Waals surface area contributed by atoms with E-state index in [9.17, 15) is 22.8 Å². The van der Waals surface area contributed by atoms with Gasteiger partial charge in [-0.25, -0.2) is 0 Å². The van der Waals surface area contributed by atoms with Gasteiger partial charge in [0.05, 0.1) is 6.04 Å². The molecule has 2 aliphatic rings. The Morgan fingerprint density at radius 1 is 1.24 bits per heavy atom. The third-order valence-electron chi connectivity index (χ3n) is 5.66. The van der Waals surface area contributed by atoms with Crippen LogP contribution in [0, 0.1) is 5.92 Å². The van der Waals surface area contributed by atoms with Gasteiger partial charge in [-0.2, -0.15) is 13.2 Å². The number of carbonyl (C=O) groups excluding carboxylic acids is 2. The van der Waals surface area contributed by atoms with Crippen LogP contribution in [0.1, 0.15) is 44.6 Å². The molecule has 3 rings (SSSR count). The van der Waals surface area contributed by atoms with Crippen molar-refractivity contribution in [2.24, 2.45) is 5.92 Å². The molecule has 1 aromatic rings. The molecule has 2 N–H and O–H groups in total. The quantitative estimate of drug-likeness (QED) is 0.740. The van der Waals surface area contributed by atoms with E-state index >= 15 is 0 Å². The molecule has 29 heavy (non-hydrogen) atoms. The fraction of sp³-hybridized carbons (Fsp3) is 0.600. The van der Waals surface area contributed by atoms with Gasteiger partial charge < -0.3 is 15.5 Å². The molecule has 3 unspecified atom stereocenters. The summed E-state index contributed by atoms with van der Waals surface area (Å²) in [5.41, 5.74) is 1.06. The zero-order chi connectivity index (χ0) is 20.3. The average Bonchev–Trinajstić information content (AvgIpc) is 3.09. The number of alkyl halides is 3. The highest BCUT2D eigenvalue weighted by molar-refractivity contribution is 5.95. The minimum atomic E-state index is -4.90. The van der Waals surface area contributed by atoms with E-state index < -0.39 is 12.1 Å². The van der Waals surface area contributed by atoms with Gasteiger partial charge in [-0.1, -0.05) is 25.0 Å². The summed E-state index contributed by atoms with van der Waals surface area (Å²) in [6, 6.07) is 6.79. The van der Waals surface area contributed by atoms with Crippen molar-refractivity contribution in [2.45, 2.75) is 63.8 Å². The maximum Gasteiger partial charge on any atom is 0.471 e. The number of rotatable bonds is 5. The third kappa shape index (κ3) is 5.85. The van der Waals surface area contributed by atoms with Crippen molar-refractivity contribution in [3.05, 3.63) is 29.8 Å². The fourth-order valence-corrected chi connectivity index (χ4v) is 4.22. The highest BCUT2D eigenvalue weighted by Gasteiger charge is 2.42. The fourth-order valence-electron chi connectivity index (χ4n) is 4.22. The Kier molecular flexibility index (Phi) is 7.94. The first kappa shape index (κ1) is 23.5. The zero-order valence-corrected chi connectivity index (χ0v) is 17.1. The largest absolute Gasteiger partial charge is 0.471 e. The highest BCUT2D eigenvalue weighted by atomic mass is 35.5. The molecule has 0 bridgehead atoms. The van der Waals surface area contributed by atoms with Gasteiger partial charge >= 0.3 is 12.1 Å². The first-order valence-corrected chi connectivity index (χ1v) is 9.80. The second kappa shape index (κ2) is 9.80. The lowest BCUT2D eigenvalue weighted by Crippen LogP contribution is -2.40. The lowest BCUT2D eigenvalue weighted by molar-refractivity contribution is -0.185. The second-order valence-electron chi connectivity index (χ2n) is 7.61. The minimum absolute atomic E-state index is 0. The number of hydrogen-bond donors (Lipinski definition) is 2. The van der Waals surface area contributed by atoms with Gasteiger partial charge in [-0.05, 0) is 49.8 Å². The van der Waals surface area contributed by atoms with E-state index in [-0.39, 0.29) is 37.4 Å². The molecule has 1 aliphatic heterocycles. The molecule has 1 aromatic carbocycles. The molecule has 2 amide bonds. The summed E-state index contributed by atoms with van der Waals surface area (Å²) >= 11 is 0. The lowest BCUT2D eigenvalue weighted by atomic mass is 9.85. The van der Waals surface area contributed by atoms with Gasteiger partial charge in [0.2, 0.25) is 5.91 Å². The molecule has 5 nitrogen and oxygen atoms in total. The number of fused-ring (bicyclic) bond motifs is 1. The first-order valence-electron chi connectivity index (χ1n) is 9.80. The van der Waals surface area contributed by atoms with Crippen LogP contribution in [0.15, 0.2) is 24.3 Å². The summed E-state index contributed by atoms with van der Waals surface area (Å²) in [6.07, 6.45) is 0.576. The summed E-state index contributed by atoms with van der Waals surface area (Å²) in [5.74, 6) is -1.44. The Balaban J connectivity index is 0.00000300. The number of anilines is 1. The third-order valence-corrected chi connectivity index (χ3v) is 5.66. The predicted octanol–water partition coefficient (Wildman–Crippen LogP) is 3.88. The van der Waals surface area contributed by atoms with Crippen LogP contribution in [-0.4, -0.2) is 41.5 Å². The normalized spacial score (nSPS) is 23.7. The number of hydrogen-bond acceptors (Lipinski definition) is 3. The van der Waals surface area contributed by atoms with E-state index in [1.807, 2.05) is 0 Å². The number of carbonyl (C=O) groups is 2. The SMILES string of the molecule is CCN(Cc1cccc(NC(=O)C2CC3CCCCC3N2)c1)C(=O)C(F)(F)F.Cl. The van der Waals surface area contributed by atoms with Crippen LogP contribution >= 0.6 is 12.4 Å². The summed E-state index contributed by atoms with van der Waals surface area (Å²) < 4.78 is 38.1. The van der Waals surface area contributed by atoms with Crippen LogP contribution in [0.5, 0.6) is 0 Å². The van der Waals surface area contributed by atoms with E-state index in [1.165, 1.54) is 19.8 Å². The monoisotopic (exact) mass is 433 g/mol. The molecule has 0 aromatic heterocycles. The molecule has 9 heteroatoms. The molecular weight excluding hydrogens is 407 g/mol. The predicted molar refractivity (Wildman–Crippen MR) is 107 cm³/mol. The molecule has 1 heterocycles. The smallest absolute Gasteiger partial charge is 0.331 e. The summed E-state index contributed by atoms with van der Waals surface area (Å²) in [4.78, 5) is 24.8. The van der Waals surface area contributed by atoms with Gasteiger partial charge in [0.15, 0.2) is 0 Å². The molecule has 3 atom stereocenters. The molecule has 1 aliphatic carbocycles. The molecule has 0 spiro atoms. The molecule has 0 radical (unpaired) electrons. The van der Waals surface area contributed by atoms with Gasteiger partial charge in [-0.3, -0.25) is 9.59 Å². The molecule has 1 saturated carbocycles. The maximum absolute atomic E-state index is 12.7. The zero-order valence-electron chi connectivity index (χ0n) is 16.3. The Hall–Kier alpha value is -1.80. The van der Waals surface area contributed by atoms with E-state index in [2.05, 4.69) is 10.6 Å². The van der Waals surface area contributed by atoms with Crippen LogP contribution in [0.2, 0.25) is 0 Å². The number of benzene rings is 1. The van der Waals surface area contributed by atoms with Crippen molar-refractivity contribution >= 4 is 29.9 Å². The highest BCUT2D eigenvalue weighted by Crippen LogP contribution is 2.33. The van der Waals surface area contributed by atoms with E-state index in [4.69, 9.17) is 0 Å². The summed E-state index contributed by atoms with van der Waals surface area (Å²) in [6.45, 7) is 1.29. The van der Waals surface area contributed by atoms with E-state index in [0.29, 0.717) is 23.2 Å². The van der Waals surface area contributed by atoms with Crippen LogP contribution in [-0.2, 0) is 16.1 Å². The van der Waals surface area contributed by atoms with E-state index in [1.54, 1.807) is 24.3 Å². The van der Waals surface area contributed by atoms with Crippen molar-refractivity contribution in [1.82, 2.24) is 10.2 Å².